The summed E-state index contributed by atoms with van der Waals surface area (Å²) in [5.74, 6) is -0.638. The van der Waals surface area contributed by atoms with E-state index >= 15 is 0 Å². The summed E-state index contributed by atoms with van der Waals surface area (Å²) in [6.45, 7) is 4.60. The zero-order chi connectivity index (χ0) is 18.3. The number of nitrogen functional groups attached to an aromatic ring is 1. The van der Waals surface area contributed by atoms with Gasteiger partial charge in [0.25, 0.3) is 0 Å². The molecule has 0 bridgehead atoms. The van der Waals surface area contributed by atoms with Crippen LogP contribution in [0.25, 0.3) is 0 Å². The Morgan fingerprint density at radius 2 is 1.76 bits per heavy atom. The molecule has 25 heavy (non-hydrogen) atoms. The second-order valence-electron chi connectivity index (χ2n) is 7.12. The van der Waals surface area contributed by atoms with Gasteiger partial charge in [-0.15, -0.1) is 0 Å². The van der Waals surface area contributed by atoms with Crippen LogP contribution in [0.5, 0.6) is 0 Å². The third-order valence-corrected chi connectivity index (χ3v) is 5.73. The minimum atomic E-state index is -0.326. The van der Waals surface area contributed by atoms with Crippen LogP contribution >= 0.6 is 0 Å². The van der Waals surface area contributed by atoms with Gasteiger partial charge in [0, 0.05) is 24.2 Å². The summed E-state index contributed by atoms with van der Waals surface area (Å²) in [6.07, 6.45) is 1.80. The first kappa shape index (κ1) is 17.6. The fraction of sp³-hybridized carbons (Fsp3) is 0.526. The number of amidine groups is 1. The Morgan fingerprint density at radius 3 is 2.32 bits per heavy atom. The molecule has 2 heterocycles. The van der Waals surface area contributed by atoms with Gasteiger partial charge >= 0.3 is 0 Å². The molecule has 2 amide bonds. The molecule has 0 aromatic heterocycles. The van der Waals surface area contributed by atoms with Crippen molar-refractivity contribution in [1.82, 2.24) is 9.80 Å². The molecule has 4 unspecified atom stereocenters. The molecule has 134 valence electrons. The van der Waals surface area contributed by atoms with E-state index in [0.717, 1.165) is 18.4 Å². The van der Waals surface area contributed by atoms with Crippen LogP contribution in [0.2, 0.25) is 0 Å². The first-order valence-electron chi connectivity index (χ1n) is 8.90. The van der Waals surface area contributed by atoms with Gasteiger partial charge < -0.3 is 5.73 Å². The van der Waals surface area contributed by atoms with E-state index in [1.54, 1.807) is 12.1 Å². The number of hydrogen-bond donors (Lipinski definition) is 2. The largest absolute Gasteiger partial charge is 0.384 e. The molecular weight excluding hydrogens is 316 g/mol. The molecule has 4 atom stereocenters. The van der Waals surface area contributed by atoms with Crippen LogP contribution in [0, 0.1) is 17.2 Å². The number of nitrogens with zero attached hydrogens (tertiary/aromatic N) is 2. The molecule has 2 fully saturated rings. The summed E-state index contributed by atoms with van der Waals surface area (Å²) >= 11 is 0. The van der Waals surface area contributed by atoms with Gasteiger partial charge in [-0.3, -0.25) is 24.8 Å². The van der Waals surface area contributed by atoms with Crippen LogP contribution in [0.3, 0.4) is 0 Å². The first-order valence-corrected chi connectivity index (χ1v) is 8.90. The Balaban J connectivity index is 1.93. The predicted octanol–water partition coefficient (Wildman–Crippen LogP) is 1.75. The van der Waals surface area contributed by atoms with E-state index < -0.39 is 0 Å². The Morgan fingerprint density at radius 1 is 1.16 bits per heavy atom. The number of carbonyl (C=O) groups excluding carboxylic acids is 2. The molecule has 0 saturated carbocycles. The smallest absolute Gasteiger partial charge is 0.235 e. The fourth-order valence-electron chi connectivity index (χ4n) is 4.21. The lowest BCUT2D eigenvalue weighted by Gasteiger charge is -2.28. The highest BCUT2D eigenvalue weighted by Gasteiger charge is 2.59. The summed E-state index contributed by atoms with van der Waals surface area (Å²) in [5.41, 5.74) is 7.18. The second-order valence-corrected chi connectivity index (χ2v) is 7.12. The van der Waals surface area contributed by atoms with E-state index in [9.17, 15) is 9.59 Å². The van der Waals surface area contributed by atoms with E-state index in [1.165, 1.54) is 4.90 Å². The maximum absolute atomic E-state index is 13.0. The molecule has 1 aromatic carbocycles. The number of benzene rings is 1. The molecule has 6 heteroatoms. The zero-order valence-electron chi connectivity index (χ0n) is 15.0. The van der Waals surface area contributed by atoms with Crippen LogP contribution < -0.4 is 5.73 Å². The van der Waals surface area contributed by atoms with E-state index in [-0.39, 0.29) is 41.6 Å². The first-order chi connectivity index (χ1) is 11.9. The molecule has 0 aliphatic carbocycles. The Labute approximate surface area is 148 Å². The van der Waals surface area contributed by atoms with Gasteiger partial charge in [0.15, 0.2) is 0 Å². The minimum Gasteiger partial charge on any atom is -0.384 e. The lowest BCUT2D eigenvalue weighted by Crippen LogP contribution is -2.39. The van der Waals surface area contributed by atoms with Crippen LogP contribution in [0.1, 0.15) is 43.9 Å². The molecule has 2 aliphatic heterocycles. The molecule has 2 saturated heterocycles. The van der Waals surface area contributed by atoms with Crippen molar-refractivity contribution in [1.29, 1.82) is 5.41 Å². The van der Waals surface area contributed by atoms with E-state index in [4.69, 9.17) is 11.1 Å². The van der Waals surface area contributed by atoms with Crippen molar-refractivity contribution in [3.63, 3.8) is 0 Å². The number of rotatable bonds is 5. The molecule has 1 aromatic rings. The number of fused-ring (bicyclic) bond motifs is 1. The van der Waals surface area contributed by atoms with Crippen molar-refractivity contribution in [2.75, 3.05) is 13.6 Å². The van der Waals surface area contributed by atoms with Gasteiger partial charge in [-0.25, -0.2) is 0 Å². The van der Waals surface area contributed by atoms with Crippen LogP contribution in [0.15, 0.2) is 24.3 Å². The summed E-state index contributed by atoms with van der Waals surface area (Å²) in [7, 11) is 1.98. The third-order valence-electron chi connectivity index (χ3n) is 5.73. The average Bonchev–Trinajstić information content (AvgIpc) is 2.99. The van der Waals surface area contributed by atoms with Crippen molar-refractivity contribution >= 4 is 17.6 Å². The van der Waals surface area contributed by atoms with Gasteiger partial charge in [-0.2, -0.15) is 0 Å². The molecule has 2 aliphatic rings. The summed E-state index contributed by atoms with van der Waals surface area (Å²) in [4.78, 5) is 29.4. The van der Waals surface area contributed by atoms with Crippen molar-refractivity contribution in [3.05, 3.63) is 35.4 Å². The predicted molar refractivity (Wildman–Crippen MR) is 96.0 cm³/mol. The summed E-state index contributed by atoms with van der Waals surface area (Å²) < 4.78 is 0. The molecule has 0 spiro atoms. The van der Waals surface area contributed by atoms with E-state index in [1.807, 2.05) is 26.1 Å². The van der Waals surface area contributed by atoms with Gasteiger partial charge in [0.2, 0.25) is 11.8 Å². The standard InChI is InChI=1S/C19H26N4O2/c1-4-5-10-23-18(24)14-11(2)22(3)16(15(14)19(23)25)12-6-8-13(9-7-12)17(20)21/h6-9,11,14-16H,4-5,10H2,1-3H3,(H3,20,21). The quantitative estimate of drug-likeness (QED) is 0.484. The molecular formula is C19H26N4O2. The molecule has 3 N–H and O–H groups in total. The molecule has 6 nitrogen and oxygen atoms in total. The van der Waals surface area contributed by atoms with Crippen molar-refractivity contribution < 1.29 is 9.59 Å². The van der Waals surface area contributed by atoms with Crippen molar-refractivity contribution in [3.8, 4) is 0 Å². The number of imide groups is 1. The third kappa shape index (κ3) is 2.74. The number of amides is 2. The van der Waals surface area contributed by atoms with Gasteiger partial charge in [0.05, 0.1) is 11.8 Å². The molecule has 0 radical (unpaired) electrons. The van der Waals surface area contributed by atoms with Gasteiger partial charge in [0.1, 0.15) is 5.84 Å². The number of hydrogen-bond acceptors (Lipinski definition) is 4. The molecule has 3 rings (SSSR count). The van der Waals surface area contributed by atoms with E-state index in [0.29, 0.717) is 12.1 Å². The Hall–Kier alpha value is -2.21. The number of nitrogens with one attached hydrogen (secondary N) is 1. The topological polar surface area (TPSA) is 90.5 Å². The maximum atomic E-state index is 13.0. The lowest BCUT2D eigenvalue weighted by molar-refractivity contribution is -0.141. The fourth-order valence-corrected chi connectivity index (χ4v) is 4.21. The van der Waals surface area contributed by atoms with Crippen molar-refractivity contribution in [2.24, 2.45) is 17.6 Å². The van der Waals surface area contributed by atoms with Gasteiger partial charge in [-0.05, 0) is 26.0 Å². The average molecular weight is 342 g/mol. The number of carbonyl (C=O) groups is 2. The normalized spacial score (nSPS) is 29.3. The zero-order valence-corrected chi connectivity index (χ0v) is 15.0. The second kappa shape index (κ2) is 6.59. The monoisotopic (exact) mass is 342 g/mol. The number of nitrogens with two attached hydrogens (primary N) is 1. The number of likely N-dealkylation sites (tertiary alicyclic amines) is 2. The SMILES string of the molecule is CCCCN1C(=O)C2C(C1=O)C(c1ccc(C(=N)N)cc1)N(C)C2C. The maximum Gasteiger partial charge on any atom is 0.235 e. The minimum absolute atomic E-state index is 0.0190. The Kier molecular flexibility index (Phi) is 4.64. The van der Waals surface area contributed by atoms with Crippen LogP contribution in [0.4, 0.5) is 0 Å². The number of unbranched alkanes of at least 4 members (excludes halogenated alkanes) is 1. The summed E-state index contributed by atoms with van der Waals surface area (Å²) in [6, 6.07) is 7.34. The Bertz CT molecular complexity index is 700. The van der Waals surface area contributed by atoms with Crippen molar-refractivity contribution in [2.45, 2.75) is 38.8 Å². The van der Waals surface area contributed by atoms with Gasteiger partial charge in [-0.1, -0.05) is 37.6 Å². The van der Waals surface area contributed by atoms with Crippen LogP contribution in [-0.2, 0) is 9.59 Å². The highest BCUT2D eigenvalue weighted by Crippen LogP contribution is 2.48. The highest BCUT2D eigenvalue weighted by atomic mass is 16.2. The summed E-state index contributed by atoms with van der Waals surface area (Å²) in [5, 5.41) is 7.52. The van der Waals surface area contributed by atoms with Crippen LogP contribution in [-0.4, -0.2) is 47.1 Å². The van der Waals surface area contributed by atoms with E-state index in [2.05, 4.69) is 11.8 Å². The highest BCUT2D eigenvalue weighted by molar-refractivity contribution is 6.06. The lowest BCUT2D eigenvalue weighted by atomic mass is 9.86.